The smallest absolute Gasteiger partial charge is 0.255 e. The fraction of sp³-hybridized carbons (Fsp3) is 0.625. The summed E-state index contributed by atoms with van der Waals surface area (Å²) in [5, 5.41) is 0. The summed E-state index contributed by atoms with van der Waals surface area (Å²) in [6.45, 7) is 3.38. The highest BCUT2D eigenvalue weighted by atomic mass is 79.9. The molecule has 0 atom stereocenters. The van der Waals surface area contributed by atoms with Crippen LogP contribution in [0.5, 0.6) is 0 Å². The molecule has 90 valence electrons. The van der Waals surface area contributed by atoms with Gasteiger partial charge in [-0.2, -0.15) is 8.68 Å². The number of hydrogen-bond donors (Lipinski definition) is 0. The average Bonchev–Trinajstić information content (AvgIpc) is 2.57. The molecular weight excluding hydrogens is 316 g/mol. The van der Waals surface area contributed by atoms with Gasteiger partial charge < -0.3 is 4.74 Å². The molecule has 8 heteroatoms. The van der Waals surface area contributed by atoms with E-state index in [2.05, 4.69) is 20.3 Å². The van der Waals surface area contributed by atoms with Crippen LogP contribution in [0.3, 0.4) is 0 Å². The molecule has 0 N–H and O–H groups in total. The molecule has 1 aliphatic heterocycles. The number of halogens is 1. The fourth-order valence-electron chi connectivity index (χ4n) is 1.44. The average molecular weight is 327 g/mol. The topological polar surface area (TPSA) is 59.5 Å². The number of nitrogens with zero attached hydrogens (tertiary/aromatic N) is 2. The maximum absolute atomic E-state index is 12.1. The summed E-state index contributed by atoms with van der Waals surface area (Å²) in [6, 6.07) is 0. The van der Waals surface area contributed by atoms with Crippen LogP contribution < -0.4 is 0 Å². The van der Waals surface area contributed by atoms with Crippen molar-refractivity contribution in [1.29, 1.82) is 0 Å². The van der Waals surface area contributed by atoms with Crippen molar-refractivity contribution in [3.63, 3.8) is 0 Å². The summed E-state index contributed by atoms with van der Waals surface area (Å²) in [5.41, 5.74) is 0. The van der Waals surface area contributed by atoms with Gasteiger partial charge in [-0.3, -0.25) is 0 Å². The van der Waals surface area contributed by atoms with Crippen LogP contribution in [-0.4, -0.2) is 42.9 Å². The molecule has 0 bridgehead atoms. The van der Waals surface area contributed by atoms with Gasteiger partial charge in [-0.25, -0.2) is 8.42 Å². The first-order chi connectivity index (χ1) is 7.55. The zero-order valence-corrected chi connectivity index (χ0v) is 11.8. The fourth-order valence-corrected chi connectivity index (χ4v) is 4.99. The molecule has 5 nitrogen and oxygen atoms in total. The zero-order valence-electron chi connectivity index (χ0n) is 8.59. The molecule has 1 fully saturated rings. The molecule has 16 heavy (non-hydrogen) atoms. The molecule has 1 aromatic rings. The van der Waals surface area contributed by atoms with Crippen molar-refractivity contribution in [2.24, 2.45) is 0 Å². The highest BCUT2D eigenvalue weighted by Gasteiger charge is 2.38. The molecule has 1 aromatic heterocycles. The number of sulfonamides is 1. The van der Waals surface area contributed by atoms with Crippen LogP contribution in [0.4, 0.5) is 0 Å². The molecule has 1 aliphatic rings. The Kier molecular flexibility index (Phi) is 3.65. The second-order valence-corrected chi connectivity index (χ2v) is 7.15. The van der Waals surface area contributed by atoms with E-state index >= 15 is 0 Å². The van der Waals surface area contributed by atoms with Gasteiger partial charge in [0.2, 0.25) is 0 Å². The molecule has 0 radical (unpaired) electrons. The van der Waals surface area contributed by atoms with Gasteiger partial charge in [0, 0.05) is 19.7 Å². The molecule has 0 aliphatic carbocycles. The number of ether oxygens (including phenoxy) is 1. The molecule has 0 amide bonds. The first kappa shape index (κ1) is 12.4. The Hall–Kier alpha value is -0.0200. The lowest BCUT2D eigenvalue weighted by atomic mass is 10.2. The monoisotopic (exact) mass is 326 g/mol. The summed E-state index contributed by atoms with van der Waals surface area (Å²) in [7, 11) is -3.38. The van der Waals surface area contributed by atoms with Crippen molar-refractivity contribution in [2.45, 2.75) is 17.2 Å². The van der Waals surface area contributed by atoms with E-state index in [1.165, 1.54) is 10.5 Å². The number of aromatic nitrogens is 1. The number of rotatable bonds is 4. The van der Waals surface area contributed by atoms with Gasteiger partial charge in [0.1, 0.15) is 0 Å². The van der Waals surface area contributed by atoms with Crippen LogP contribution in [0.2, 0.25) is 0 Å². The van der Waals surface area contributed by atoms with E-state index in [-0.39, 0.29) is 10.3 Å². The molecule has 0 spiro atoms. The second-order valence-electron chi connectivity index (χ2n) is 3.36. The maximum atomic E-state index is 12.1. The Morgan fingerprint density at radius 2 is 2.38 bits per heavy atom. The van der Waals surface area contributed by atoms with Crippen molar-refractivity contribution >= 4 is 37.5 Å². The SMILES string of the molecule is CCOC1CN(S(=O)(=O)c2sncc2Br)C1. The quantitative estimate of drug-likeness (QED) is 0.837. The Labute approximate surface area is 107 Å². The lowest BCUT2D eigenvalue weighted by molar-refractivity contribution is -0.0135. The van der Waals surface area contributed by atoms with E-state index in [1.807, 2.05) is 6.92 Å². The molecule has 0 unspecified atom stereocenters. The summed E-state index contributed by atoms with van der Waals surface area (Å²) in [6.07, 6.45) is 1.53. The Morgan fingerprint density at radius 1 is 1.69 bits per heavy atom. The van der Waals surface area contributed by atoms with Gasteiger partial charge in [0.25, 0.3) is 10.0 Å². The molecule has 0 aromatic carbocycles. The van der Waals surface area contributed by atoms with Gasteiger partial charge in [0.15, 0.2) is 4.21 Å². The van der Waals surface area contributed by atoms with Gasteiger partial charge in [-0.1, -0.05) is 0 Å². The zero-order chi connectivity index (χ0) is 11.8. The lowest BCUT2D eigenvalue weighted by Gasteiger charge is -2.37. The van der Waals surface area contributed by atoms with Crippen molar-refractivity contribution in [1.82, 2.24) is 8.68 Å². The van der Waals surface area contributed by atoms with E-state index in [9.17, 15) is 8.42 Å². The minimum Gasteiger partial charge on any atom is -0.376 e. The van der Waals surface area contributed by atoms with Crippen LogP contribution >= 0.6 is 27.5 Å². The predicted octanol–water partition coefficient (Wildman–Crippen LogP) is 1.32. The van der Waals surface area contributed by atoms with E-state index in [4.69, 9.17) is 4.74 Å². The lowest BCUT2D eigenvalue weighted by Crippen LogP contribution is -2.54. The van der Waals surface area contributed by atoms with Crippen LogP contribution in [-0.2, 0) is 14.8 Å². The molecular formula is C8H11BrN2O3S2. The largest absolute Gasteiger partial charge is 0.376 e. The van der Waals surface area contributed by atoms with E-state index < -0.39 is 10.0 Å². The van der Waals surface area contributed by atoms with Crippen LogP contribution in [0, 0.1) is 0 Å². The molecule has 2 rings (SSSR count). The minimum absolute atomic E-state index is 0.0338. The van der Waals surface area contributed by atoms with Crippen LogP contribution in [0.15, 0.2) is 14.9 Å². The van der Waals surface area contributed by atoms with E-state index in [0.717, 1.165) is 11.5 Å². The third-order valence-electron chi connectivity index (χ3n) is 2.29. The van der Waals surface area contributed by atoms with Crippen molar-refractivity contribution in [2.75, 3.05) is 19.7 Å². The third-order valence-corrected chi connectivity index (χ3v) is 6.53. The van der Waals surface area contributed by atoms with Crippen LogP contribution in [0.25, 0.3) is 0 Å². The first-order valence-corrected chi connectivity index (χ1v) is 7.78. The van der Waals surface area contributed by atoms with Gasteiger partial charge >= 0.3 is 0 Å². The second kappa shape index (κ2) is 4.69. The summed E-state index contributed by atoms with van der Waals surface area (Å²) in [5.74, 6) is 0. The first-order valence-electron chi connectivity index (χ1n) is 4.77. The van der Waals surface area contributed by atoms with Gasteiger partial charge in [-0.05, 0) is 34.4 Å². The van der Waals surface area contributed by atoms with Gasteiger partial charge in [0.05, 0.1) is 16.8 Å². The summed E-state index contributed by atoms with van der Waals surface area (Å²) in [4.78, 5) is 0. The standard InChI is InChI=1S/C8H11BrN2O3S2/c1-2-14-6-4-11(5-6)16(12,13)8-7(9)3-10-15-8/h3,6H,2,4-5H2,1H3. The molecule has 1 saturated heterocycles. The maximum Gasteiger partial charge on any atom is 0.255 e. The van der Waals surface area contributed by atoms with Gasteiger partial charge in [-0.15, -0.1) is 0 Å². The third kappa shape index (κ3) is 2.17. The van der Waals surface area contributed by atoms with Crippen LogP contribution in [0.1, 0.15) is 6.92 Å². The Bertz CT molecular complexity index is 467. The molecule has 0 saturated carbocycles. The highest BCUT2D eigenvalue weighted by Crippen LogP contribution is 2.31. The van der Waals surface area contributed by atoms with E-state index in [0.29, 0.717) is 24.2 Å². The van der Waals surface area contributed by atoms with E-state index in [1.54, 1.807) is 0 Å². The minimum atomic E-state index is -3.38. The Balaban J connectivity index is 2.09. The number of hydrogen-bond acceptors (Lipinski definition) is 5. The molecule has 2 heterocycles. The predicted molar refractivity (Wildman–Crippen MR) is 64.0 cm³/mol. The van der Waals surface area contributed by atoms with Crippen molar-refractivity contribution in [3.8, 4) is 0 Å². The Morgan fingerprint density at radius 3 is 2.88 bits per heavy atom. The summed E-state index contributed by atoms with van der Waals surface area (Å²) >= 11 is 4.16. The summed E-state index contributed by atoms with van der Waals surface area (Å²) < 4.78 is 35.5. The van der Waals surface area contributed by atoms with Crippen molar-refractivity contribution in [3.05, 3.63) is 10.7 Å². The normalized spacial score (nSPS) is 18.6. The highest BCUT2D eigenvalue weighted by molar-refractivity contribution is 9.10. The van der Waals surface area contributed by atoms with Crippen molar-refractivity contribution < 1.29 is 13.2 Å².